The number of hydrogen-bond donors (Lipinski definition) is 0. The summed E-state index contributed by atoms with van der Waals surface area (Å²) in [7, 11) is 1.44. The molecule has 1 aliphatic heterocycles. The first-order valence-corrected chi connectivity index (χ1v) is 13.4. The van der Waals surface area contributed by atoms with E-state index in [0.717, 1.165) is 16.7 Å². The average molecular weight is 670 g/mol. The molecule has 4 rings (SSSR count). The number of thioether (sulfide) groups is 1. The zero-order chi connectivity index (χ0) is 26.5. The Morgan fingerprint density at radius 3 is 2.51 bits per heavy atom. The van der Waals surface area contributed by atoms with Crippen molar-refractivity contribution in [3.05, 3.63) is 90.3 Å². The van der Waals surface area contributed by atoms with Crippen molar-refractivity contribution in [3.63, 3.8) is 0 Å². The third-order valence-electron chi connectivity index (χ3n) is 5.11. The molecule has 190 valence electrons. The second-order valence-electron chi connectivity index (χ2n) is 7.54. The van der Waals surface area contributed by atoms with Gasteiger partial charge in [-0.15, -0.1) is 0 Å². The first-order chi connectivity index (χ1) is 17.8. The molecule has 0 saturated carbocycles. The first-order valence-electron chi connectivity index (χ1n) is 10.7. The number of ether oxygens (including phenoxy) is 3. The van der Waals surface area contributed by atoms with E-state index in [9.17, 15) is 14.4 Å². The number of imide groups is 1. The van der Waals surface area contributed by atoms with E-state index in [1.54, 1.807) is 66.7 Å². The fraction of sp³-hybridized carbons (Fsp3) is 0.115. The SMILES string of the molecule is COc1cc(/C=C2\SC(=O)N(CCOc3ccc(Cl)cc3)C2=O)cc(I)c1OC(=O)c1ccccc1Cl. The Bertz CT molecular complexity index is 1400. The minimum absolute atomic E-state index is 0.0996. The van der Waals surface area contributed by atoms with Crippen molar-refractivity contribution < 1.29 is 28.6 Å². The molecule has 1 saturated heterocycles. The smallest absolute Gasteiger partial charge is 0.345 e. The molecule has 1 fully saturated rings. The van der Waals surface area contributed by atoms with Gasteiger partial charge in [-0.3, -0.25) is 14.5 Å². The van der Waals surface area contributed by atoms with Gasteiger partial charge < -0.3 is 14.2 Å². The number of nitrogens with zero attached hydrogens (tertiary/aromatic N) is 1. The van der Waals surface area contributed by atoms with Gasteiger partial charge in [-0.05, 0) is 94.5 Å². The summed E-state index contributed by atoms with van der Waals surface area (Å²) >= 11 is 14.8. The first kappa shape index (κ1) is 27.3. The summed E-state index contributed by atoms with van der Waals surface area (Å²) in [5.74, 6) is 0.0464. The van der Waals surface area contributed by atoms with Crippen LogP contribution in [0.25, 0.3) is 6.08 Å². The van der Waals surface area contributed by atoms with Gasteiger partial charge in [-0.25, -0.2) is 4.79 Å². The molecule has 0 atom stereocenters. The van der Waals surface area contributed by atoms with Crippen LogP contribution in [0.4, 0.5) is 4.79 Å². The van der Waals surface area contributed by atoms with E-state index in [-0.39, 0.29) is 45.4 Å². The highest BCUT2D eigenvalue weighted by Crippen LogP contribution is 2.38. The van der Waals surface area contributed by atoms with E-state index in [4.69, 9.17) is 37.4 Å². The summed E-state index contributed by atoms with van der Waals surface area (Å²) in [6, 6.07) is 16.7. The quantitative estimate of drug-likeness (QED) is 0.111. The Morgan fingerprint density at radius 2 is 1.81 bits per heavy atom. The number of halogens is 3. The minimum Gasteiger partial charge on any atom is -0.493 e. The lowest BCUT2D eigenvalue weighted by Gasteiger charge is -2.14. The highest BCUT2D eigenvalue weighted by molar-refractivity contribution is 14.1. The van der Waals surface area contributed by atoms with Crippen molar-refractivity contribution >= 4 is 80.7 Å². The topological polar surface area (TPSA) is 82.1 Å². The largest absolute Gasteiger partial charge is 0.493 e. The minimum atomic E-state index is -0.628. The van der Waals surface area contributed by atoms with Crippen LogP contribution in [0.1, 0.15) is 15.9 Å². The average Bonchev–Trinajstić information content (AvgIpc) is 3.14. The van der Waals surface area contributed by atoms with Crippen LogP contribution < -0.4 is 14.2 Å². The van der Waals surface area contributed by atoms with Gasteiger partial charge in [0.15, 0.2) is 11.5 Å². The van der Waals surface area contributed by atoms with Crippen LogP contribution in [0.5, 0.6) is 17.2 Å². The van der Waals surface area contributed by atoms with Crippen molar-refractivity contribution in [2.24, 2.45) is 0 Å². The van der Waals surface area contributed by atoms with Gasteiger partial charge in [0.2, 0.25) is 0 Å². The van der Waals surface area contributed by atoms with E-state index in [2.05, 4.69) is 0 Å². The predicted molar refractivity (Wildman–Crippen MR) is 152 cm³/mol. The molecular weight excluding hydrogens is 652 g/mol. The van der Waals surface area contributed by atoms with Crippen LogP contribution in [0.3, 0.4) is 0 Å². The molecule has 0 unspecified atom stereocenters. The number of hydrogen-bond acceptors (Lipinski definition) is 7. The molecule has 1 heterocycles. The number of benzene rings is 3. The van der Waals surface area contributed by atoms with Crippen molar-refractivity contribution in [1.82, 2.24) is 4.90 Å². The Labute approximate surface area is 240 Å². The summed E-state index contributed by atoms with van der Waals surface area (Å²) in [5, 5.41) is 0.469. The summed E-state index contributed by atoms with van der Waals surface area (Å²) in [5.41, 5.74) is 0.821. The maximum Gasteiger partial charge on any atom is 0.345 e. The second-order valence-corrected chi connectivity index (χ2v) is 10.5. The maximum atomic E-state index is 12.9. The van der Waals surface area contributed by atoms with Gasteiger partial charge in [-0.1, -0.05) is 35.3 Å². The van der Waals surface area contributed by atoms with Crippen LogP contribution in [-0.2, 0) is 4.79 Å². The van der Waals surface area contributed by atoms with Crippen molar-refractivity contribution in [2.75, 3.05) is 20.3 Å². The van der Waals surface area contributed by atoms with Gasteiger partial charge in [-0.2, -0.15) is 0 Å². The molecule has 0 bridgehead atoms. The number of esters is 1. The second kappa shape index (κ2) is 12.2. The molecule has 3 aromatic carbocycles. The lowest BCUT2D eigenvalue weighted by Crippen LogP contribution is -2.32. The lowest BCUT2D eigenvalue weighted by atomic mass is 10.1. The number of methoxy groups -OCH3 is 1. The molecule has 1 aliphatic rings. The van der Waals surface area contributed by atoms with E-state index in [1.807, 2.05) is 22.6 Å². The molecule has 0 spiro atoms. The molecule has 2 amide bonds. The molecule has 0 aromatic heterocycles. The van der Waals surface area contributed by atoms with E-state index < -0.39 is 11.9 Å². The highest BCUT2D eigenvalue weighted by atomic mass is 127. The number of rotatable bonds is 8. The number of carbonyl (C=O) groups excluding carboxylic acids is 3. The number of carbonyl (C=O) groups is 3. The molecule has 37 heavy (non-hydrogen) atoms. The van der Waals surface area contributed by atoms with Gasteiger partial charge in [0.05, 0.1) is 32.7 Å². The van der Waals surface area contributed by atoms with E-state index in [1.165, 1.54) is 7.11 Å². The predicted octanol–water partition coefficient (Wildman–Crippen LogP) is 6.94. The van der Waals surface area contributed by atoms with E-state index in [0.29, 0.717) is 19.9 Å². The van der Waals surface area contributed by atoms with Gasteiger partial charge in [0.1, 0.15) is 12.4 Å². The molecule has 11 heteroatoms. The van der Waals surface area contributed by atoms with Crippen LogP contribution in [0.2, 0.25) is 10.0 Å². The van der Waals surface area contributed by atoms with Crippen LogP contribution in [0.15, 0.2) is 65.6 Å². The summed E-state index contributed by atoms with van der Waals surface area (Å²) < 4.78 is 17.2. The molecule has 7 nitrogen and oxygen atoms in total. The van der Waals surface area contributed by atoms with Crippen LogP contribution in [0, 0.1) is 3.57 Å². The van der Waals surface area contributed by atoms with Gasteiger partial charge in [0, 0.05) is 5.02 Å². The fourth-order valence-electron chi connectivity index (χ4n) is 3.33. The molecule has 0 aliphatic carbocycles. The molecule has 0 N–H and O–H groups in total. The van der Waals surface area contributed by atoms with Crippen molar-refractivity contribution in [3.8, 4) is 17.2 Å². The summed E-state index contributed by atoms with van der Waals surface area (Å²) in [6.45, 7) is 0.243. The Hall–Kier alpha value is -2.73. The van der Waals surface area contributed by atoms with E-state index >= 15 is 0 Å². The maximum absolute atomic E-state index is 12.9. The van der Waals surface area contributed by atoms with Crippen molar-refractivity contribution in [1.29, 1.82) is 0 Å². The molecule has 3 aromatic rings. The van der Waals surface area contributed by atoms with Crippen molar-refractivity contribution in [2.45, 2.75) is 0 Å². The third-order valence-corrected chi connectivity index (χ3v) is 7.40. The standard InChI is InChI=1S/C26H18Cl2INO6S/c1-34-21-13-15(12-20(29)23(21)36-25(32)18-4-2-3-5-19(18)28)14-22-24(31)30(26(33)37-22)10-11-35-17-8-6-16(27)7-9-17/h2-9,12-14H,10-11H2,1H3/b22-14-. The van der Waals surface area contributed by atoms with Gasteiger partial charge >= 0.3 is 5.97 Å². The number of amides is 2. The zero-order valence-electron chi connectivity index (χ0n) is 19.2. The third kappa shape index (κ3) is 6.59. The van der Waals surface area contributed by atoms with Crippen LogP contribution in [-0.4, -0.2) is 42.3 Å². The van der Waals surface area contributed by atoms with Gasteiger partial charge in [0.25, 0.3) is 11.1 Å². The Kier molecular flexibility index (Phi) is 9.01. The Morgan fingerprint density at radius 1 is 1.08 bits per heavy atom. The summed E-state index contributed by atoms with van der Waals surface area (Å²) in [6.07, 6.45) is 1.59. The van der Waals surface area contributed by atoms with Crippen LogP contribution >= 0.6 is 57.6 Å². The highest BCUT2D eigenvalue weighted by Gasteiger charge is 2.35. The summed E-state index contributed by atoms with van der Waals surface area (Å²) in [4.78, 5) is 39.4. The lowest BCUT2D eigenvalue weighted by molar-refractivity contribution is -0.123. The molecule has 0 radical (unpaired) electrons. The molecular formula is C26H18Cl2INO6S. The monoisotopic (exact) mass is 669 g/mol. The fourth-order valence-corrected chi connectivity index (χ4v) is 5.27. The Balaban J connectivity index is 1.47. The normalized spacial score (nSPS) is 14.3. The zero-order valence-corrected chi connectivity index (χ0v) is 23.7.